The standard InChI is InChI=1S/C23H25F2N3O/c24-17-5-6-19(20(25)13-17)22-18-4-2-1-3-15(18)9-12-28(22)23(29)26-21-14-27-10-7-16(21)8-11-27/h1-6,13,16,21-22H,7-12,14H2,(H,26,29)/t21-,22-/m1/s1. The van der Waals surface area contributed by atoms with Crippen LogP contribution in [0.4, 0.5) is 13.6 Å². The summed E-state index contributed by atoms with van der Waals surface area (Å²) < 4.78 is 28.3. The van der Waals surface area contributed by atoms with Crippen LogP contribution in [0.15, 0.2) is 42.5 Å². The smallest absolute Gasteiger partial charge is 0.318 e. The van der Waals surface area contributed by atoms with Gasteiger partial charge in [0.1, 0.15) is 11.6 Å². The predicted molar refractivity (Wildman–Crippen MR) is 107 cm³/mol. The third kappa shape index (κ3) is 3.39. The zero-order valence-corrected chi connectivity index (χ0v) is 16.3. The minimum absolute atomic E-state index is 0.140. The summed E-state index contributed by atoms with van der Waals surface area (Å²) in [5.41, 5.74) is 2.35. The van der Waals surface area contributed by atoms with Gasteiger partial charge in [-0.3, -0.25) is 0 Å². The molecule has 4 nitrogen and oxygen atoms in total. The Bertz CT molecular complexity index is 926. The molecule has 0 unspecified atom stereocenters. The molecule has 0 radical (unpaired) electrons. The first-order valence-electron chi connectivity index (χ1n) is 10.4. The van der Waals surface area contributed by atoms with Gasteiger partial charge in [-0.1, -0.05) is 30.3 Å². The summed E-state index contributed by atoms with van der Waals surface area (Å²) >= 11 is 0. The number of halogens is 2. The number of hydrogen-bond donors (Lipinski definition) is 1. The van der Waals surface area contributed by atoms with E-state index in [1.54, 1.807) is 4.90 Å². The Hall–Kier alpha value is -2.47. The van der Waals surface area contributed by atoms with Crippen molar-refractivity contribution in [3.05, 3.63) is 70.8 Å². The normalized spacial score (nSPS) is 28.1. The second-order valence-corrected chi connectivity index (χ2v) is 8.40. The molecule has 2 aromatic carbocycles. The van der Waals surface area contributed by atoms with Crippen LogP contribution in [0.1, 0.15) is 35.6 Å². The molecule has 6 heteroatoms. The topological polar surface area (TPSA) is 35.6 Å². The van der Waals surface area contributed by atoms with Crippen LogP contribution in [0.5, 0.6) is 0 Å². The molecule has 4 heterocycles. The third-order valence-corrected chi connectivity index (χ3v) is 6.77. The van der Waals surface area contributed by atoms with Crippen LogP contribution in [0.2, 0.25) is 0 Å². The van der Waals surface area contributed by atoms with Crippen molar-refractivity contribution in [2.24, 2.45) is 5.92 Å². The number of fused-ring (bicyclic) bond motifs is 4. The average molecular weight is 397 g/mol. The van der Waals surface area contributed by atoms with Gasteiger partial charge in [-0.25, -0.2) is 13.6 Å². The monoisotopic (exact) mass is 397 g/mol. The van der Waals surface area contributed by atoms with E-state index >= 15 is 0 Å². The Morgan fingerprint density at radius 1 is 1.00 bits per heavy atom. The van der Waals surface area contributed by atoms with Gasteiger partial charge in [0.2, 0.25) is 0 Å². The second-order valence-electron chi connectivity index (χ2n) is 8.40. The van der Waals surface area contributed by atoms with E-state index in [0.717, 1.165) is 56.1 Å². The second kappa shape index (κ2) is 7.41. The van der Waals surface area contributed by atoms with Crippen LogP contribution in [-0.2, 0) is 6.42 Å². The summed E-state index contributed by atoms with van der Waals surface area (Å²) in [6, 6.07) is 10.9. The molecule has 0 saturated carbocycles. The molecule has 0 spiro atoms. The van der Waals surface area contributed by atoms with E-state index in [1.807, 2.05) is 24.3 Å². The van der Waals surface area contributed by atoms with E-state index in [1.165, 1.54) is 12.1 Å². The Labute approximate surface area is 169 Å². The Balaban J connectivity index is 1.47. The van der Waals surface area contributed by atoms with Crippen molar-refractivity contribution < 1.29 is 13.6 Å². The number of benzene rings is 2. The lowest BCUT2D eigenvalue weighted by Crippen LogP contribution is -2.59. The zero-order chi connectivity index (χ0) is 20.0. The molecule has 2 atom stereocenters. The molecule has 152 valence electrons. The van der Waals surface area contributed by atoms with Crippen LogP contribution in [0.3, 0.4) is 0 Å². The molecule has 1 N–H and O–H groups in total. The first kappa shape index (κ1) is 18.6. The van der Waals surface area contributed by atoms with Crippen molar-refractivity contribution in [2.75, 3.05) is 26.2 Å². The van der Waals surface area contributed by atoms with Gasteiger partial charge in [0.25, 0.3) is 0 Å². The summed E-state index contributed by atoms with van der Waals surface area (Å²) in [6.45, 7) is 3.61. The number of nitrogens with one attached hydrogen (secondary N) is 1. The first-order valence-corrected chi connectivity index (χ1v) is 10.4. The maximum Gasteiger partial charge on any atom is 0.318 e. The highest BCUT2D eigenvalue weighted by Gasteiger charge is 2.38. The minimum atomic E-state index is -0.618. The highest BCUT2D eigenvalue weighted by molar-refractivity contribution is 5.76. The van der Waals surface area contributed by atoms with Crippen LogP contribution in [0, 0.1) is 17.6 Å². The van der Waals surface area contributed by atoms with Gasteiger partial charge in [-0.2, -0.15) is 0 Å². The molecule has 0 aliphatic carbocycles. The van der Waals surface area contributed by atoms with Crippen molar-refractivity contribution in [3.63, 3.8) is 0 Å². The van der Waals surface area contributed by atoms with E-state index in [9.17, 15) is 13.6 Å². The fraction of sp³-hybridized carbons (Fsp3) is 0.435. The lowest BCUT2D eigenvalue weighted by atomic mass is 9.84. The Morgan fingerprint density at radius 3 is 2.52 bits per heavy atom. The molecule has 2 aromatic rings. The number of carbonyl (C=O) groups is 1. The maximum atomic E-state index is 14.7. The van der Waals surface area contributed by atoms with Crippen LogP contribution in [0.25, 0.3) is 0 Å². The van der Waals surface area contributed by atoms with Crippen molar-refractivity contribution in [2.45, 2.75) is 31.3 Å². The molecule has 2 amide bonds. The number of hydrogen-bond acceptors (Lipinski definition) is 2. The Morgan fingerprint density at radius 2 is 1.79 bits per heavy atom. The van der Waals surface area contributed by atoms with Gasteiger partial charge in [0, 0.05) is 30.8 Å². The van der Waals surface area contributed by atoms with Gasteiger partial charge in [-0.05, 0) is 55.5 Å². The predicted octanol–water partition coefficient (Wildman–Crippen LogP) is 3.72. The van der Waals surface area contributed by atoms with E-state index in [-0.39, 0.29) is 12.1 Å². The average Bonchev–Trinajstić information content (AvgIpc) is 2.74. The summed E-state index contributed by atoms with van der Waals surface area (Å²) in [6.07, 6.45) is 2.96. The largest absolute Gasteiger partial charge is 0.334 e. The van der Waals surface area contributed by atoms with Crippen molar-refractivity contribution >= 4 is 6.03 Å². The highest BCUT2D eigenvalue weighted by Crippen LogP contribution is 2.37. The lowest BCUT2D eigenvalue weighted by Gasteiger charge is -2.46. The third-order valence-electron chi connectivity index (χ3n) is 6.77. The van der Waals surface area contributed by atoms with Crippen molar-refractivity contribution in [3.8, 4) is 0 Å². The number of piperidine rings is 3. The molecule has 0 aromatic heterocycles. The first-order chi connectivity index (χ1) is 14.1. The lowest BCUT2D eigenvalue weighted by molar-refractivity contribution is 0.0714. The zero-order valence-electron chi connectivity index (χ0n) is 16.3. The number of amides is 2. The molecule has 29 heavy (non-hydrogen) atoms. The quantitative estimate of drug-likeness (QED) is 0.839. The van der Waals surface area contributed by atoms with Crippen LogP contribution < -0.4 is 5.32 Å². The number of carbonyl (C=O) groups excluding carboxylic acids is 1. The number of nitrogens with zero attached hydrogens (tertiary/aromatic N) is 2. The Kier molecular flexibility index (Phi) is 4.74. The molecule has 3 fully saturated rings. The highest BCUT2D eigenvalue weighted by atomic mass is 19.1. The molecule has 6 rings (SSSR count). The minimum Gasteiger partial charge on any atom is -0.334 e. The molecule has 4 aliphatic heterocycles. The molecule has 3 saturated heterocycles. The van der Waals surface area contributed by atoms with Gasteiger partial charge >= 0.3 is 6.03 Å². The van der Waals surface area contributed by atoms with Gasteiger partial charge < -0.3 is 15.1 Å². The van der Waals surface area contributed by atoms with Crippen LogP contribution in [-0.4, -0.2) is 48.1 Å². The maximum absolute atomic E-state index is 14.7. The fourth-order valence-electron chi connectivity index (χ4n) is 5.21. The van der Waals surface area contributed by atoms with E-state index in [4.69, 9.17) is 0 Å². The molecular formula is C23H25F2N3O. The van der Waals surface area contributed by atoms with Crippen LogP contribution >= 0.6 is 0 Å². The molecular weight excluding hydrogens is 372 g/mol. The van der Waals surface area contributed by atoms with E-state index in [0.29, 0.717) is 18.0 Å². The van der Waals surface area contributed by atoms with Crippen molar-refractivity contribution in [1.82, 2.24) is 15.1 Å². The summed E-state index contributed by atoms with van der Waals surface area (Å²) in [5, 5.41) is 3.23. The summed E-state index contributed by atoms with van der Waals surface area (Å²) in [4.78, 5) is 17.4. The molecule has 2 bridgehead atoms. The number of urea groups is 1. The SMILES string of the molecule is O=C(N[C@@H]1CN2CCC1CC2)N1CCc2ccccc2[C@@H]1c1ccc(F)cc1F. The number of rotatable bonds is 2. The van der Waals surface area contributed by atoms with Crippen molar-refractivity contribution in [1.29, 1.82) is 0 Å². The van der Waals surface area contributed by atoms with E-state index in [2.05, 4.69) is 10.2 Å². The van der Waals surface area contributed by atoms with E-state index < -0.39 is 17.7 Å². The summed E-state index contributed by atoms with van der Waals surface area (Å²) in [5.74, 6) is -0.715. The fourth-order valence-corrected chi connectivity index (χ4v) is 5.21. The van der Waals surface area contributed by atoms with Gasteiger partial charge in [0.05, 0.1) is 6.04 Å². The van der Waals surface area contributed by atoms with Gasteiger partial charge in [0.15, 0.2) is 0 Å². The van der Waals surface area contributed by atoms with Gasteiger partial charge in [-0.15, -0.1) is 0 Å². The molecule has 4 aliphatic rings. The summed E-state index contributed by atoms with van der Waals surface area (Å²) in [7, 11) is 0.